The third-order valence-corrected chi connectivity index (χ3v) is 9.02. The van der Waals surface area contributed by atoms with Crippen LogP contribution in [0.3, 0.4) is 0 Å². The van der Waals surface area contributed by atoms with E-state index in [0.717, 1.165) is 11.2 Å². The first-order chi connectivity index (χ1) is 18.6. The van der Waals surface area contributed by atoms with Gasteiger partial charge in [0.15, 0.2) is 0 Å². The maximum absolute atomic E-state index is 6.26. The van der Waals surface area contributed by atoms with E-state index in [9.17, 15) is 0 Å². The van der Waals surface area contributed by atoms with Crippen molar-refractivity contribution in [3.63, 3.8) is 0 Å². The van der Waals surface area contributed by atoms with Gasteiger partial charge < -0.3 is 4.42 Å². The highest BCUT2D eigenvalue weighted by atomic mass is 16.3. The van der Waals surface area contributed by atoms with Crippen LogP contribution in [0.2, 0.25) is 0 Å². The van der Waals surface area contributed by atoms with Crippen LogP contribution in [0, 0.1) is 0 Å². The number of benzene rings is 7. The van der Waals surface area contributed by atoms with Crippen molar-refractivity contribution in [3.8, 4) is 22.3 Å². The predicted octanol–water partition coefficient (Wildman–Crippen LogP) is 10.5. The third kappa shape index (κ3) is 2.42. The Balaban J connectivity index is 1.33. The zero-order valence-corrected chi connectivity index (χ0v) is 21.3. The Morgan fingerprint density at radius 2 is 1.24 bits per heavy atom. The van der Waals surface area contributed by atoms with E-state index in [0.29, 0.717) is 0 Å². The second-order valence-corrected chi connectivity index (χ2v) is 11.3. The number of para-hydroxylation sites is 1. The maximum atomic E-state index is 6.26. The van der Waals surface area contributed by atoms with Crippen LogP contribution in [0.1, 0.15) is 25.0 Å². The van der Waals surface area contributed by atoms with Crippen LogP contribution in [-0.4, -0.2) is 0 Å². The van der Waals surface area contributed by atoms with Gasteiger partial charge in [-0.15, -0.1) is 0 Å². The van der Waals surface area contributed by atoms with E-state index in [1.54, 1.807) is 0 Å². The molecule has 0 unspecified atom stereocenters. The highest BCUT2D eigenvalue weighted by Gasteiger charge is 2.37. The summed E-state index contributed by atoms with van der Waals surface area (Å²) < 4.78 is 6.26. The van der Waals surface area contributed by atoms with Crippen molar-refractivity contribution in [2.75, 3.05) is 0 Å². The summed E-state index contributed by atoms with van der Waals surface area (Å²) in [6, 6.07) is 40.2. The van der Waals surface area contributed by atoms with Crippen molar-refractivity contribution >= 4 is 54.3 Å². The van der Waals surface area contributed by atoms with Crippen LogP contribution in [-0.2, 0) is 5.41 Å². The lowest BCUT2D eigenvalue weighted by Crippen LogP contribution is -2.14. The highest BCUT2D eigenvalue weighted by Crippen LogP contribution is 2.54. The zero-order valence-electron chi connectivity index (χ0n) is 21.3. The zero-order chi connectivity index (χ0) is 25.2. The summed E-state index contributed by atoms with van der Waals surface area (Å²) in [6.07, 6.45) is 0. The molecule has 1 heteroatoms. The fourth-order valence-electron chi connectivity index (χ4n) is 7.20. The van der Waals surface area contributed by atoms with Crippen LogP contribution < -0.4 is 0 Å². The average Bonchev–Trinajstić information content (AvgIpc) is 3.44. The monoisotopic (exact) mass is 484 g/mol. The molecule has 0 saturated carbocycles. The van der Waals surface area contributed by atoms with Crippen LogP contribution in [0.4, 0.5) is 0 Å². The Morgan fingerprint density at radius 1 is 0.500 bits per heavy atom. The van der Waals surface area contributed by atoms with Gasteiger partial charge in [0, 0.05) is 16.2 Å². The molecule has 0 saturated heterocycles. The molecule has 0 radical (unpaired) electrons. The van der Waals surface area contributed by atoms with E-state index in [1.807, 2.05) is 6.07 Å². The summed E-state index contributed by atoms with van der Waals surface area (Å²) in [5.74, 6) is 0. The van der Waals surface area contributed by atoms with Crippen LogP contribution in [0.5, 0.6) is 0 Å². The number of hydrogen-bond acceptors (Lipinski definition) is 1. The van der Waals surface area contributed by atoms with E-state index in [2.05, 4.69) is 117 Å². The van der Waals surface area contributed by atoms with Crippen LogP contribution in [0.15, 0.2) is 114 Å². The van der Waals surface area contributed by atoms with Gasteiger partial charge in [-0.3, -0.25) is 0 Å². The fourth-order valence-corrected chi connectivity index (χ4v) is 7.20. The van der Waals surface area contributed by atoms with Crippen molar-refractivity contribution in [1.82, 2.24) is 0 Å². The molecule has 7 aromatic carbocycles. The summed E-state index contributed by atoms with van der Waals surface area (Å²) in [5.41, 5.74) is 9.79. The van der Waals surface area contributed by atoms with E-state index >= 15 is 0 Å². The van der Waals surface area contributed by atoms with Gasteiger partial charge in [0.25, 0.3) is 0 Å². The minimum absolute atomic E-state index is 0.100. The van der Waals surface area contributed by atoms with Crippen molar-refractivity contribution in [3.05, 3.63) is 120 Å². The summed E-state index contributed by atoms with van der Waals surface area (Å²) in [6.45, 7) is 4.72. The summed E-state index contributed by atoms with van der Waals surface area (Å²) in [5, 5.41) is 10.4. The van der Waals surface area contributed by atoms with Gasteiger partial charge in [0.1, 0.15) is 11.2 Å². The number of hydrogen-bond donors (Lipinski definition) is 0. The Morgan fingerprint density at radius 3 is 2.11 bits per heavy atom. The molecule has 0 N–H and O–H groups in total. The average molecular weight is 485 g/mol. The molecule has 8 aromatic rings. The summed E-state index contributed by atoms with van der Waals surface area (Å²) >= 11 is 0. The molecule has 9 rings (SSSR count). The summed E-state index contributed by atoms with van der Waals surface area (Å²) in [4.78, 5) is 0. The normalized spacial score (nSPS) is 14.3. The van der Waals surface area contributed by atoms with Gasteiger partial charge >= 0.3 is 0 Å². The first kappa shape index (κ1) is 20.4. The standard InChI is InChI=1S/C37H24O/c1-37(2)29-18-19-32-36(28-8-3-4-9-31(28)38-32)35(29)27-17-14-24(20-30(27)37)25-15-12-23-11-10-21-6-5-7-22-13-16-26(25)34(23)33(21)22/h3-20H,1-2H3. The van der Waals surface area contributed by atoms with E-state index < -0.39 is 0 Å². The Hall–Kier alpha value is -4.62. The van der Waals surface area contributed by atoms with Crippen molar-refractivity contribution in [2.24, 2.45) is 0 Å². The molecule has 1 aliphatic rings. The molecule has 0 amide bonds. The Labute approximate surface area is 220 Å². The number of furan rings is 1. The summed E-state index contributed by atoms with van der Waals surface area (Å²) in [7, 11) is 0. The quantitative estimate of drug-likeness (QED) is 0.211. The predicted molar refractivity (Wildman–Crippen MR) is 160 cm³/mol. The molecule has 0 atom stereocenters. The van der Waals surface area contributed by atoms with Crippen molar-refractivity contribution < 1.29 is 4.42 Å². The highest BCUT2D eigenvalue weighted by molar-refractivity contribution is 6.25. The Bertz CT molecular complexity index is 2240. The topological polar surface area (TPSA) is 13.1 Å². The lowest BCUT2D eigenvalue weighted by Gasteiger charge is -2.22. The van der Waals surface area contributed by atoms with E-state index in [1.165, 1.54) is 76.5 Å². The Kier molecular flexibility index (Phi) is 3.67. The smallest absolute Gasteiger partial charge is 0.136 e. The molecular formula is C37H24O. The van der Waals surface area contributed by atoms with Gasteiger partial charge in [0.05, 0.1) is 0 Å². The first-order valence-corrected chi connectivity index (χ1v) is 13.4. The molecule has 178 valence electrons. The number of rotatable bonds is 1. The van der Waals surface area contributed by atoms with Crippen LogP contribution >= 0.6 is 0 Å². The van der Waals surface area contributed by atoms with Gasteiger partial charge in [0.2, 0.25) is 0 Å². The SMILES string of the molecule is CC1(C)c2cc(-c3ccc4ccc5cccc6ccc3c4c56)ccc2-c2c1ccc1oc3ccccc3c21. The van der Waals surface area contributed by atoms with Gasteiger partial charge in [-0.25, -0.2) is 0 Å². The molecule has 38 heavy (non-hydrogen) atoms. The molecule has 0 aliphatic heterocycles. The molecule has 1 aromatic heterocycles. The second-order valence-electron chi connectivity index (χ2n) is 11.3. The molecule has 1 aliphatic carbocycles. The fraction of sp³-hybridized carbons (Fsp3) is 0.0811. The van der Waals surface area contributed by atoms with Crippen molar-refractivity contribution in [2.45, 2.75) is 19.3 Å². The van der Waals surface area contributed by atoms with Gasteiger partial charge in [-0.2, -0.15) is 0 Å². The second kappa shape index (κ2) is 6.82. The number of fused-ring (bicyclic) bond motifs is 7. The van der Waals surface area contributed by atoms with Gasteiger partial charge in [-0.1, -0.05) is 105 Å². The minimum Gasteiger partial charge on any atom is -0.456 e. The molecule has 0 spiro atoms. The van der Waals surface area contributed by atoms with Crippen LogP contribution in [0.25, 0.3) is 76.5 Å². The third-order valence-electron chi connectivity index (χ3n) is 9.02. The van der Waals surface area contributed by atoms with E-state index in [4.69, 9.17) is 4.42 Å². The first-order valence-electron chi connectivity index (χ1n) is 13.4. The molecule has 1 nitrogen and oxygen atoms in total. The molecule has 0 fully saturated rings. The lowest BCUT2D eigenvalue weighted by molar-refractivity contribution is 0.657. The molecular weight excluding hydrogens is 460 g/mol. The largest absolute Gasteiger partial charge is 0.456 e. The minimum atomic E-state index is -0.100. The van der Waals surface area contributed by atoms with E-state index in [-0.39, 0.29) is 5.41 Å². The molecule has 1 heterocycles. The molecule has 0 bridgehead atoms. The van der Waals surface area contributed by atoms with Gasteiger partial charge in [-0.05, 0) is 83.9 Å². The maximum Gasteiger partial charge on any atom is 0.136 e. The lowest BCUT2D eigenvalue weighted by atomic mass is 9.81. The van der Waals surface area contributed by atoms with Crippen molar-refractivity contribution in [1.29, 1.82) is 0 Å².